The van der Waals surface area contributed by atoms with Gasteiger partial charge in [0.1, 0.15) is 4.88 Å². The van der Waals surface area contributed by atoms with Crippen molar-refractivity contribution < 1.29 is 9.53 Å². The molecule has 2 fully saturated rings. The van der Waals surface area contributed by atoms with Crippen molar-refractivity contribution in [2.45, 2.75) is 20.3 Å². The average Bonchev–Trinajstić information content (AvgIpc) is 3.34. The first-order valence-electron chi connectivity index (χ1n) is 8.97. The summed E-state index contributed by atoms with van der Waals surface area (Å²) in [6.45, 7) is 7.52. The van der Waals surface area contributed by atoms with Gasteiger partial charge in [0.25, 0.3) is 5.91 Å². The molecule has 0 bridgehead atoms. The molecule has 0 aliphatic carbocycles. The number of aromatic nitrogens is 3. The molecule has 4 rings (SSSR count). The fourth-order valence-corrected chi connectivity index (χ4v) is 4.55. The van der Waals surface area contributed by atoms with E-state index in [0.717, 1.165) is 49.9 Å². The van der Waals surface area contributed by atoms with Crippen molar-refractivity contribution in [2.24, 2.45) is 11.8 Å². The second-order valence-electron chi connectivity index (χ2n) is 7.02. The van der Waals surface area contributed by atoms with Gasteiger partial charge in [0.05, 0.1) is 7.11 Å². The minimum atomic E-state index is 0.0619. The lowest BCUT2D eigenvalue weighted by Crippen LogP contribution is -2.33. The summed E-state index contributed by atoms with van der Waals surface area (Å²) in [4.78, 5) is 26.9. The van der Waals surface area contributed by atoms with Crippen LogP contribution in [-0.2, 0) is 6.42 Å². The number of aryl methyl sites for hydroxylation is 2. The molecule has 2 saturated heterocycles. The fraction of sp³-hybridized carbons (Fsp3) is 0.556. The molecular formula is C18H23N5O2S. The molecule has 0 spiro atoms. The molecule has 0 N–H and O–H groups in total. The molecule has 0 saturated carbocycles. The van der Waals surface area contributed by atoms with Crippen molar-refractivity contribution in [1.82, 2.24) is 19.2 Å². The van der Waals surface area contributed by atoms with Crippen LogP contribution in [0.25, 0.3) is 0 Å². The van der Waals surface area contributed by atoms with Crippen LogP contribution < -0.4 is 9.64 Å². The second-order valence-corrected chi connectivity index (χ2v) is 7.83. The molecule has 2 aliphatic rings. The lowest BCUT2D eigenvalue weighted by Gasteiger charge is -2.22. The van der Waals surface area contributed by atoms with Gasteiger partial charge in [-0.05, 0) is 30.9 Å². The van der Waals surface area contributed by atoms with Gasteiger partial charge in [-0.1, -0.05) is 6.92 Å². The smallest absolute Gasteiger partial charge is 0.265 e. The van der Waals surface area contributed by atoms with Gasteiger partial charge in [-0.2, -0.15) is 4.37 Å². The summed E-state index contributed by atoms with van der Waals surface area (Å²) in [5.41, 5.74) is 2.10. The molecule has 138 valence electrons. The maximum atomic E-state index is 12.7. The zero-order chi connectivity index (χ0) is 18.3. The Morgan fingerprint density at radius 2 is 1.96 bits per heavy atom. The molecule has 2 atom stereocenters. The second kappa shape index (κ2) is 6.83. The molecule has 2 aliphatic heterocycles. The molecule has 1 amide bonds. The van der Waals surface area contributed by atoms with E-state index in [9.17, 15) is 4.79 Å². The number of hydrogen-bond donors (Lipinski definition) is 0. The number of carbonyl (C=O) groups is 1. The average molecular weight is 373 g/mol. The van der Waals surface area contributed by atoms with Crippen molar-refractivity contribution in [2.75, 3.05) is 38.2 Å². The van der Waals surface area contributed by atoms with Crippen LogP contribution in [0.5, 0.6) is 5.88 Å². The van der Waals surface area contributed by atoms with E-state index in [1.54, 1.807) is 13.2 Å². The summed E-state index contributed by atoms with van der Waals surface area (Å²) in [5, 5.41) is 0. The van der Waals surface area contributed by atoms with Crippen LogP contribution in [0.3, 0.4) is 0 Å². The maximum absolute atomic E-state index is 12.7. The van der Waals surface area contributed by atoms with Gasteiger partial charge in [-0.25, -0.2) is 9.97 Å². The first-order chi connectivity index (χ1) is 12.6. The highest BCUT2D eigenvalue weighted by atomic mass is 32.1. The largest absolute Gasteiger partial charge is 0.480 e. The van der Waals surface area contributed by atoms with Crippen molar-refractivity contribution >= 4 is 23.4 Å². The Kier molecular flexibility index (Phi) is 4.52. The Labute approximate surface area is 157 Å². The van der Waals surface area contributed by atoms with E-state index in [1.807, 2.05) is 17.9 Å². The third kappa shape index (κ3) is 3.13. The number of fused-ring (bicyclic) bond motifs is 1. The highest BCUT2D eigenvalue weighted by molar-refractivity contribution is 7.08. The summed E-state index contributed by atoms with van der Waals surface area (Å²) in [6.07, 6.45) is 0.914. The molecule has 26 heavy (non-hydrogen) atoms. The van der Waals surface area contributed by atoms with Crippen LogP contribution in [0, 0.1) is 18.8 Å². The SMILES string of the molecule is CCc1cc(C)nc(N2C[C@H]3CN(C(=O)c4cc(OC)ns4)C[C@H]3C2)n1. The van der Waals surface area contributed by atoms with Gasteiger partial charge in [-0.3, -0.25) is 4.79 Å². The van der Waals surface area contributed by atoms with Crippen LogP contribution in [0.2, 0.25) is 0 Å². The van der Waals surface area contributed by atoms with E-state index in [-0.39, 0.29) is 5.91 Å². The van der Waals surface area contributed by atoms with E-state index >= 15 is 0 Å². The van der Waals surface area contributed by atoms with E-state index in [1.165, 1.54) is 11.5 Å². The number of hydrogen-bond acceptors (Lipinski definition) is 7. The Bertz CT molecular complexity index is 810. The fourth-order valence-electron chi connectivity index (χ4n) is 3.87. The molecule has 2 aromatic heterocycles. The molecule has 0 radical (unpaired) electrons. The van der Waals surface area contributed by atoms with E-state index < -0.39 is 0 Å². The lowest BCUT2D eigenvalue weighted by atomic mass is 10.0. The van der Waals surface area contributed by atoms with Gasteiger partial charge in [-0.15, -0.1) is 0 Å². The quantitative estimate of drug-likeness (QED) is 0.817. The van der Waals surface area contributed by atoms with Gasteiger partial charge in [0, 0.05) is 55.5 Å². The van der Waals surface area contributed by atoms with Crippen molar-refractivity contribution in [3.8, 4) is 5.88 Å². The predicted octanol–water partition coefficient (Wildman–Crippen LogP) is 2.02. The Hall–Kier alpha value is -2.22. The number of carbonyl (C=O) groups excluding carboxylic acids is 1. The van der Waals surface area contributed by atoms with E-state index in [4.69, 9.17) is 4.74 Å². The lowest BCUT2D eigenvalue weighted by molar-refractivity contribution is 0.0787. The van der Waals surface area contributed by atoms with Crippen molar-refractivity contribution in [3.63, 3.8) is 0 Å². The number of rotatable bonds is 4. The summed E-state index contributed by atoms with van der Waals surface area (Å²) >= 11 is 1.20. The van der Waals surface area contributed by atoms with Gasteiger partial charge >= 0.3 is 0 Å². The van der Waals surface area contributed by atoms with Crippen molar-refractivity contribution in [1.29, 1.82) is 0 Å². The number of ether oxygens (including phenoxy) is 1. The maximum Gasteiger partial charge on any atom is 0.265 e. The molecular weight excluding hydrogens is 350 g/mol. The normalized spacial score (nSPS) is 22.0. The number of anilines is 1. The van der Waals surface area contributed by atoms with Gasteiger partial charge in [0.2, 0.25) is 11.8 Å². The Morgan fingerprint density at radius 3 is 2.58 bits per heavy atom. The molecule has 0 unspecified atom stereocenters. The zero-order valence-corrected chi connectivity index (χ0v) is 16.1. The monoisotopic (exact) mass is 373 g/mol. The number of amides is 1. The predicted molar refractivity (Wildman–Crippen MR) is 99.9 cm³/mol. The highest BCUT2D eigenvalue weighted by Gasteiger charge is 2.42. The topological polar surface area (TPSA) is 71.5 Å². The summed E-state index contributed by atoms with van der Waals surface area (Å²) in [5.74, 6) is 2.35. The zero-order valence-electron chi connectivity index (χ0n) is 15.3. The van der Waals surface area contributed by atoms with Crippen LogP contribution in [0.1, 0.15) is 28.0 Å². The van der Waals surface area contributed by atoms with Crippen molar-refractivity contribution in [3.05, 3.63) is 28.4 Å². The molecule has 7 nitrogen and oxygen atoms in total. The van der Waals surface area contributed by atoms with Crippen LogP contribution in [0.15, 0.2) is 12.1 Å². The van der Waals surface area contributed by atoms with Gasteiger partial charge in [0.15, 0.2) is 0 Å². The minimum Gasteiger partial charge on any atom is -0.480 e. The summed E-state index contributed by atoms with van der Waals surface area (Å²) in [7, 11) is 1.56. The minimum absolute atomic E-state index is 0.0619. The highest BCUT2D eigenvalue weighted by Crippen LogP contribution is 2.34. The number of likely N-dealkylation sites (tertiary alicyclic amines) is 1. The molecule has 0 aromatic carbocycles. The Balaban J connectivity index is 1.42. The van der Waals surface area contributed by atoms with E-state index in [0.29, 0.717) is 22.6 Å². The standard InChI is InChI=1S/C18H23N5O2S/c1-4-14-5-11(2)19-18(20-14)23-9-12-7-22(8-13(12)10-23)17(24)15-6-16(25-3)21-26-15/h5-6,12-13H,4,7-10H2,1-3H3/t12-,13+. The number of methoxy groups -OCH3 is 1. The third-order valence-corrected chi connectivity index (χ3v) is 5.98. The first-order valence-corrected chi connectivity index (χ1v) is 9.74. The van der Waals surface area contributed by atoms with E-state index in [2.05, 4.69) is 26.2 Å². The molecule has 4 heterocycles. The molecule has 2 aromatic rings. The summed E-state index contributed by atoms with van der Waals surface area (Å²) < 4.78 is 9.20. The van der Waals surface area contributed by atoms with Gasteiger partial charge < -0.3 is 14.5 Å². The first kappa shape index (κ1) is 17.2. The van der Waals surface area contributed by atoms with Crippen LogP contribution in [-0.4, -0.2) is 58.4 Å². The molecule has 8 heteroatoms. The van der Waals surface area contributed by atoms with Crippen LogP contribution in [0.4, 0.5) is 5.95 Å². The number of nitrogens with zero attached hydrogens (tertiary/aromatic N) is 5. The Morgan fingerprint density at radius 1 is 1.23 bits per heavy atom. The third-order valence-electron chi connectivity index (χ3n) is 5.22. The van der Waals surface area contributed by atoms with Crippen LogP contribution >= 0.6 is 11.5 Å². The summed E-state index contributed by atoms with van der Waals surface area (Å²) in [6, 6.07) is 3.77.